The normalized spacial score (nSPS) is 12.1. The lowest BCUT2D eigenvalue weighted by atomic mass is 10.1. The quantitative estimate of drug-likeness (QED) is 0.0860. The summed E-state index contributed by atoms with van der Waals surface area (Å²) in [6.45, 7) is 25.0. The zero-order valence-electron chi connectivity index (χ0n) is 35.3. The minimum atomic E-state index is -1.70. The lowest BCUT2D eigenvalue weighted by molar-refractivity contribution is 0.233. The molecular formula is C42H60Cl2N4O8Si. The van der Waals surface area contributed by atoms with Gasteiger partial charge in [0.15, 0.2) is 29.9 Å². The summed E-state index contributed by atoms with van der Waals surface area (Å²) < 4.78 is 31.5. The van der Waals surface area contributed by atoms with E-state index in [2.05, 4.69) is 44.1 Å². The molecule has 2 aromatic heterocycles. The molecule has 4 rings (SSSR count). The Balaban J connectivity index is 0.000000315. The van der Waals surface area contributed by atoms with Crippen molar-refractivity contribution in [3.05, 3.63) is 103 Å². The Labute approximate surface area is 348 Å². The average molecular weight is 848 g/mol. The molecule has 12 nitrogen and oxygen atoms in total. The Hall–Kier alpha value is -3.88. The monoisotopic (exact) mass is 846 g/mol. The Morgan fingerprint density at radius 2 is 1.00 bits per heavy atom. The Bertz CT molecular complexity index is 1980. The summed E-state index contributed by atoms with van der Waals surface area (Å²) in [5.41, 5.74) is 0.203. The minimum Gasteiger partial charge on any atom is -0.494 e. The number of hydrogen-bond donors (Lipinski definition) is 1. The van der Waals surface area contributed by atoms with E-state index in [4.69, 9.17) is 51.7 Å². The topological polar surface area (TPSA) is 136 Å². The van der Waals surface area contributed by atoms with Gasteiger partial charge >= 0.3 is 0 Å². The maximum atomic E-state index is 12.4. The summed E-state index contributed by atoms with van der Waals surface area (Å²) >= 11 is 12.3. The van der Waals surface area contributed by atoms with Crippen molar-refractivity contribution in [3.63, 3.8) is 0 Å². The first kappa shape index (κ1) is 47.5. The highest BCUT2D eigenvalue weighted by molar-refractivity contribution is 6.74. The van der Waals surface area contributed by atoms with Crippen molar-refractivity contribution in [1.29, 1.82) is 0 Å². The first-order chi connectivity index (χ1) is 26.5. The lowest BCUT2D eigenvalue weighted by Crippen LogP contribution is -2.41. The van der Waals surface area contributed by atoms with Gasteiger partial charge in [0.25, 0.3) is 11.1 Å². The molecule has 0 atom stereocenters. The van der Waals surface area contributed by atoms with Crippen LogP contribution in [0.4, 0.5) is 0 Å². The van der Waals surface area contributed by atoms with Crippen LogP contribution in [0.3, 0.4) is 0 Å². The maximum Gasteiger partial charge on any atom is 0.289 e. The second-order valence-corrected chi connectivity index (χ2v) is 22.6. The Morgan fingerprint density at radius 1 is 0.614 bits per heavy atom. The van der Waals surface area contributed by atoms with E-state index in [0.29, 0.717) is 26.2 Å². The van der Waals surface area contributed by atoms with Crippen LogP contribution >= 0.6 is 23.2 Å². The van der Waals surface area contributed by atoms with Gasteiger partial charge in [-0.05, 0) is 95.1 Å². The number of ether oxygens (including phenoxy) is 4. The van der Waals surface area contributed by atoms with Crippen LogP contribution in [0.1, 0.15) is 86.3 Å². The van der Waals surface area contributed by atoms with Crippen LogP contribution in [0.5, 0.6) is 23.0 Å². The van der Waals surface area contributed by atoms with Crippen LogP contribution in [-0.4, -0.2) is 59.4 Å². The smallest absolute Gasteiger partial charge is 0.289 e. The van der Waals surface area contributed by atoms with Gasteiger partial charge in [-0.3, -0.25) is 9.59 Å². The third kappa shape index (κ3) is 14.5. The molecule has 0 radical (unpaired) electrons. The molecule has 0 aliphatic carbocycles. The van der Waals surface area contributed by atoms with Gasteiger partial charge in [0.1, 0.15) is 24.7 Å². The first-order valence-electron chi connectivity index (χ1n) is 19.1. The summed E-state index contributed by atoms with van der Waals surface area (Å²) in [6.07, 6.45) is 4.39. The number of aliphatic hydroxyl groups is 1. The third-order valence-electron chi connectivity index (χ3n) is 9.08. The fourth-order valence-electron chi connectivity index (χ4n) is 4.73. The molecule has 4 aromatic rings. The van der Waals surface area contributed by atoms with Gasteiger partial charge in [-0.15, -0.1) is 0 Å². The molecule has 314 valence electrons. The fourth-order valence-corrected chi connectivity index (χ4v) is 6.18. The highest BCUT2D eigenvalue weighted by Crippen LogP contribution is 2.36. The van der Waals surface area contributed by atoms with E-state index >= 15 is 0 Å². The van der Waals surface area contributed by atoms with E-state index in [0.717, 1.165) is 29.0 Å². The second kappa shape index (κ2) is 20.7. The Morgan fingerprint density at radius 3 is 1.35 bits per heavy atom. The molecule has 0 unspecified atom stereocenters. The van der Waals surface area contributed by atoms with Gasteiger partial charge in [0.2, 0.25) is 0 Å². The molecular weight excluding hydrogens is 787 g/mol. The SMILES string of the molecule is CC(C)(C)n1ncc(OCc2ccc(OCCCO)cc2)c(Cl)c1=O.CC(C)(C)n1ncc(OCc2ccc(OCCCO[Si](C)(C)C(C)(C)C)cc2)c(Cl)c1=O. The molecule has 57 heavy (non-hydrogen) atoms. The number of hydrogen-bond acceptors (Lipinski definition) is 10. The molecule has 2 heterocycles. The molecule has 0 aliphatic rings. The molecule has 2 aromatic carbocycles. The zero-order chi connectivity index (χ0) is 42.6. The molecule has 0 saturated carbocycles. The third-order valence-corrected chi connectivity index (χ3v) is 14.3. The van der Waals surface area contributed by atoms with Crippen molar-refractivity contribution in [2.24, 2.45) is 0 Å². The molecule has 1 N–H and O–H groups in total. The van der Waals surface area contributed by atoms with Crippen LogP contribution in [0, 0.1) is 0 Å². The molecule has 0 aliphatic heterocycles. The highest BCUT2D eigenvalue weighted by atomic mass is 35.5. The van der Waals surface area contributed by atoms with Crippen molar-refractivity contribution in [1.82, 2.24) is 19.6 Å². The predicted molar refractivity (Wildman–Crippen MR) is 229 cm³/mol. The van der Waals surface area contributed by atoms with E-state index in [-0.39, 0.29) is 57.5 Å². The number of halogens is 2. The van der Waals surface area contributed by atoms with E-state index in [1.54, 1.807) is 0 Å². The number of rotatable bonds is 16. The van der Waals surface area contributed by atoms with Gasteiger partial charge < -0.3 is 28.5 Å². The van der Waals surface area contributed by atoms with Crippen LogP contribution in [0.15, 0.2) is 70.5 Å². The van der Waals surface area contributed by atoms with E-state index < -0.39 is 19.4 Å². The van der Waals surface area contributed by atoms with Crippen LogP contribution in [-0.2, 0) is 28.7 Å². The first-order valence-corrected chi connectivity index (χ1v) is 22.7. The Kier molecular flexibility index (Phi) is 17.2. The van der Waals surface area contributed by atoms with Gasteiger partial charge in [-0.1, -0.05) is 68.2 Å². The molecule has 0 saturated heterocycles. The van der Waals surface area contributed by atoms with Gasteiger partial charge in [-0.2, -0.15) is 10.2 Å². The van der Waals surface area contributed by atoms with E-state index in [1.165, 1.54) is 21.8 Å². The minimum absolute atomic E-state index is 0.0221. The fraction of sp³-hybridized carbons (Fsp3) is 0.524. The molecule has 0 bridgehead atoms. The maximum absolute atomic E-state index is 12.4. The van der Waals surface area contributed by atoms with Gasteiger partial charge in [-0.25, -0.2) is 9.36 Å². The summed E-state index contributed by atoms with van der Waals surface area (Å²) in [5.74, 6) is 2.06. The van der Waals surface area contributed by atoms with Crippen LogP contribution < -0.4 is 30.1 Å². The number of aromatic nitrogens is 4. The average Bonchev–Trinajstić information content (AvgIpc) is 3.12. The van der Waals surface area contributed by atoms with Crippen molar-refractivity contribution in [3.8, 4) is 23.0 Å². The summed E-state index contributed by atoms with van der Waals surface area (Å²) in [4.78, 5) is 24.7. The lowest BCUT2D eigenvalue weighted by Gasteiger charge is -2.36. The van der Waals surface area contributed by atoms with E-state index in [1.807, 2.05) is 90.1 Å². The number of aliphatic hydroxyl groups excluding tert-OH is 1. The van der Waals surface area contributed by atoms with Gasteiger partial charge in [0.05, 0.1) is 36.7 Å². The van der Waals surface area contributed by atoms with Crippen LogP contribution in [0.25, 0.3) is 0 Å². The van der Waals surface area contributed by atoms with Crippen LogP contribution in [0.2, 0.25) is 28.2 Å². The largest absolute Gasteiger partial charge is 0.494 e. The molecule has 0 spiro atoms. The van der Waals surface area contributed by atoms with Crippen molar-refractivity contribution >= 4 is 31.5 Å². The summed E-state index contributed by atoms with van der Waals surface area (Å²) in [7, 11) is -1.70. The molecule has 0 amide bonds. The standard InChI is InChI=1S/C24H37ClN2O4Si.C18H23ClN2O4/c1-23(2,3)27-22(28)21(25)20(16-26-27)30-17-18-10-12-19(13-11-18)29-14-9-15-31-32(7,8)24(4,5)6;1-18(2,3)21-17(23)16(19)15(11-20-21)25-12-13-5-7-14(8-6-13)24-10-4-9-22/h10-13,16H,9,14-15,17H2,1-8H3;5-8,11,22H,4,9-10,12H2,1-3H3. The zero-order valence-corrected chi connectivity index (χ0v) is 37.8. The van der Waals surface area contributed by atoms with Crippen molar-refractivity contribution < 1.29 is 28.5 Å². The van der Waals surface area contributed by atoms with Crippen molar-refractivity contribution in [2.75, 3.05) is 26.4 Å². The van der Waals surface area contributed by atoms with E-state index in [9.17, 15) is 9.59 Å². The predicted octanol–water partition coefficient (Wildman–Crippen LogP) is 9.01. The second-order valence-electron chi connectivity index (χ2n) is 17.0. The molecule has 15 heteroatoms. The number of nitrogens with zero attached hydrogens (tertiary/aromatic N) is 4. The molecule has 0 fully saturated rings. The van der Waals surface area contributed by atoms with Crippen molar-refractivity contribution in [2.45, 2.75) is 118 Å². The highest BCUT2D eigenvalue weighted by Gasteiger charge is 2.36. The number of benzene rings is 2. The van der Waals surface area contributed by atoms with Gasteiger partial charge in [0, 0.05) is 26.1 Å². The summed E-state index contributed by atoms with van der Waals surface area (Å²) in [6, 6.07) is 15.1. The summed E-state index contributed by atoms with van der Waals surface area (Å²) in [5, 5.41) is 17.3.